The monoisotopic (exact) mass is 409 g/mol. The highest BCUT2D eigenvalue weighted by molar-refractivity contribution is 8.00. The van der Waals surface area contributed by atoms with Crippen molar-refractivity contribution >= 4 is 34.3 Å². The number of aromatic nitrogens is 6. The van der Waals surface area contributed by atoms with Crippen LogP contribution in [-0.2, 0) is 11.3 Å². The number of carbonyl (C=O) groups is 1. The van der Waals surface area contributed by atoms with E-state index < -0.39 is 5.25 Å². The van der Waals surface area contributed by atoms with Gasteiger partial charge in [0, 0.05) is 11.6 Å². The van der Waals surface area contributed by atoms with Gasteiger partial charge in [-0.25, -0.2) is 9.67 Å². The number of nitrogens with zero attached hydrogens (tertiary/aromatic N) is 6. The number of benzene rings is 1. The second-order valence-corrected chi connectivity index (χ2v) is 7.79. The first kappa shape index (κ1) is 19.1. The summed E-state index contributed by atoms with van der Waals surface area (Å²) in [5.41, 5.74) is 1.55. The Morgan fingerprint density at radius 3 is 2.93 bits per heavy atom. The van der Waals surface area contributed by atoms with Crippen molar-refractivity contribution in [2.75, 3.05) is 5.32 Å². The van der Waals surface area contributed by atoms with E-state index >= 15 is 0 Å². The zero-order valence-electron chi connectivity index (χ0n) is 15.9. The van der Waals surface area contributed by atoms with Crippen molar-refractivity contribution in [1.82, 2.24) is 29.9 Å². The molecule has 0 fully saturated rings. The molecule has 1 N–H and O–H groups in total. The molecular formula is C19H19N7O2S. The Balaban J connectivity index is 1.48. The van der Waals surface area contributed by atoms with E-state index in [1.807, 2.05) is 44.2 Å². The number of anilines is 1. The van der Waals surface area contributed by atoms with Crippen LogP contribution in [0.3, 0.4) is 0 Å². The normalized spacial score (nSPS) is 12.4. The number of fused-ring (bicyclic) bond motifs is 1. The number of rotatable bonds is 7. The first-order valence-electron chi connectivity index (χ1n) is 9.06. The van der Waals surface area contributed by atoms with Crippen molar-refractivity contribution in [2.24, 2.45) is 5.92 Å². The quantitative estimate of drug-likeness (QED) is 0.464. The predicted octanol–water partition coefficient (Wildman–Crippen LogP) is 3.01. The van der Waals surface area contributed by atoms with Gasteiger partial charge >= 0.3 is 0 Å². The van der Waals surface area contributed by atoms with Crippen molar-refractivity contribution in [2.45, 2.75) is 30.9 Å². The molecule has 1 amide bonds. The molecule has 148 valence electrons. The SMILES string of the molecule is CC(C)C(Sc1nnc(Cn2cncn2)o1)C(=O)Nc1cccc2ncccc12. The lowest BCUT2D eigenvalue weighted by Gasteiger charge is -2.18. The van der Waals surface area contributed by atoms with Gasteiger partial charge in [0.2, 0.25) is 11.8 Å². The molecule has 1 atom stereocenters. The Hall–Kier alpha value is -3.27. The molecule has 9 nitrogen and oxygen atoms in total. The standard InChI is InChI=1S/C19H19N7O2S/c1-12(2)17(29-19-25-24-16(28-19)9-26-11-20-10-22-26)18(27)23-15-7-3-6-14-13(15)5-4-8-21-14/h3-8,10-12,17H,9H2,1-2H3,(H,23,27). The third-order valence-corrected chi connectivity index (χ3v) is 5.59. The summed E-state index contributed by atoms with van der Waals surface area (Å²) >= 11 is 1.25. The molecule has 0 bridgehead atoms. The van der Waals surface area contributed by atoms with Gasteiger partial charge in [-0.15, -0.1) is 10.2 Å². The number of pyridine rings is 1. The molecule has 3 aromatic heterocycles. The van der Waals surface area contributed by atoms with Gasteiger partial charge in [0.05, 0.1) is 16.5 Å². The fourth-order valence-corrected chi connectivity index (χ4v) is 3.71. The summed E-state index contributed by atoms with van der Waals surface area (Å²) in [4.78, 5) is 21.2. The lowest BCUT2D eigenvalue weighted by molar-refractivity contribution is -0.116. The summed E-state index contributed by atoms with van der Waals surface area (Å²) in [6.07, 6.45) is 4.74. The van der Waals surface area contributed by atoms with Crippen LogP contribution in [0.2, 0.25) is 0 Å². The Labute approximate surface area is 171 Å². The van der Waals surface area contributed by atoms with Gasteiger partial charge in [0.25, 0.3) is 5.22 Å². The number of nitrogens with one attached hydrogen (secondary N) is 1. The molecule has 0 aliphatic rings. The maximum absolute atomic E-state index is 13.0. The predicted molar refractivity (Wildman–Crippen MR) is 108 cm³/mol. The Bertz CT molecular complexity index is 1110. The topological polar surface area (TPSA) is 112 Å². The van der Waals surface area contributed by atoms with E-state index in [-0.39, 0.29) is 11.8 Å². The number of carbonyl (C=O) groups excluding carboxylic acids is 1. The van der Waals surface area contributed by atoms with E-state index in [1.165, 1.54) is 18.1 Å². The molecule has 0 radical (unpaired) electrons. The van der Waals surface area contributed by atoms with Crippen LogP contribution in [0, 0.1) is 5.92 Å². The summed E-state index contributed by atoms with van der Waals surface area (Å²) in [6, 6.07) is 9.43. The molecule has 0 saturated heterocycles. The lowest BCUT2D eigenvalue weighted by atomic mass is 10.1. The molecule has 4 aromatic rings. The molecule has 1 aromatic carbocycles. The lowest BCUT2D eigenvalue weighted by Crippen LogP contribution is -2.29. The van der Waals surface area contributed by atoms with Gasteiger partial charge in [-0.05, 0) is 30.2 Å². The van der Waals surface area contributed by atoms with Crippen molar-refractivity contribution in [3.05, 3.63) is 55.1 Å². The van der Waals surface area contributed by atoms with E-state index in [0.29, 0.717) is 17.7 Å². The minimum Gasteiger partial charge on any atom is -0.414 e. The number of hydrogen-bond acceptors (Lipinski definition) is 8. The molecule has 10 heteroatoms. The van der Waals surface area contributed by atoms with Crippen LogP contribution >= 0.6 is 11.8 Å². The molecule has 3 heterocycles. The Kier molecular flexibility index (Phi) is 5.52. The van der Waals surface area contributed by atoms with Crippen LogP contribution in [-0.4, -0.2) is 41.1 Å². The first-order chi connectivity index (χ1) is 14.1. The third-order valence-electron chi connectivity index (χ3n) is 4.21. The van der Waals surface area contributed by atoms with Crippen molar-refractivity contribution < 1.29 is 9.21 Å². The minimum atomic E-state index is -0.401. The van der Waals surface area contributed by atoms with Crippen molar-refractivity contribution in [1.29, 1.82) is 0 Å². The van der Waals surface area contributed by atoms with Gasteiger partial charge in [-0.1, -0.05) is 31.7 Å². The van der Waals surface area contributed by atoms with Gasteiger partial charge in [-0.3, -0.25) is 9.78 Å². The Morgan fingerprint density at radius 2 is 2.14 bits per heavy atom. The zero-order valence-corrected chi connectivity index (χ0v) is 16.7. The average molecular weight is 409 g/mol. The van der Waals surface area contributed by atoms with Crippen LogP contribution < -0.4 is 5.32 Å². The summed E-state index contributed by atoms with van der Waals surface area (Å²) in [5, 5.41) is 15.9. The summed E-state index contributed by atoms with van der Waals surface area (Å²) < 4.78 is 7.26. The number of hydrogen-bond donors (Lipinski definition) is 1. The summed E-state index contributed by atoms with van der Waals surface area (Å²) in [6.45, 7) is 4.29. The smallest absolute Gasteiger partial charge is 0.277 e. The summed E-state index contributed by atoms with van der Waals surface area (Å²) in [5.74, 6) is 0.331. The van der Waals surface area contributed by atoms with E-state index in [0.717, 1.165) is 16.6 Å². The average Bonchev–Trinajstić information content (AvgIpc) is 3.38. The first-order valence-corrected chi connectivity index (χ1v) is 9.94. The molecule has 29 heavy (non-hydrogen) atoms. The molecule has 1 unspecified atom stereocenters. The Morgan fingerprint density at radius 1 is 1.24 bits per heavy atom. The molecular weight excluding hydrogens is 390 g/mol. The van der Waals surface area contributed by atoms with E-state index in [2.05, 4.69) is 30.6 Å². The highest BCUT2D eigenvalue weighted by atomic mass is 32.2. The second kappa shape index (κ2) is 8.39. The maximum Gasteiger partial charge on any atom is 0.277 e. The van der Waals surface area contributed by atoms with Crippen LogP contribution in [0.5, 0.6) is 0 Å². The van der Waals surface area contributed by atoms with Gasteiger partial charge in [-0.2, -0.15) is 5.10 Å². The molecule has 0 spiro atoms. The summed E-state index contributed by atoms with van der Waals surface area (Å²) in [7, 11) is 0. The zero-order chi connectivity index (χ0) is 20.2. The molecule has 0 aliphatic carbocycles. The maximum atomic E-state index is 13.0. The molecule has 4 rings (SSSR count). The van der Waals surface area contributed by atoms with Crippen LogP contribution in [0.1, 0.15) is 19.7 Å². The fourth-order valence-electron chi connectivity index (χ4n) is 2.82. The third kappa shape index (κ3) is 4.43. The van der Waals surface area contributed by atoms with E-state index in [1.54, 1.807) is 17.2 Å². The van der Waals surface area contributed by atoms with Crippen molar-refractivity contribution in [3.8, 4) is 0 Å². The fraction of sp³-hybridized carbons (Fsp3) is 0.263. The highest BCUT2D eigenvalue weighted by Crippen LogP contribution is 2.29. The van der Waals surface area contributed by atoms with Gasteiger partial charge in [0.15, 0.2) is 0 Å². The molecule has 0 aliphatic heterocycles. The second-order valence-electron chi connectivity index (χ2n) is 6.70. The van der Waals surface area contributed by atoms with Crippen LogP contribution in [0.4, 0.5) is 5.69 Å². The molecule has 0 saturated carbocycles. The number of amides is 1. The minimum absolute atomic E-state index is 0.0544. The van der Waals surface area contributed by atoms with Gasteiger partial charge < -0.3 is 9.73 Å². The van der Waals surface area contributed by atoms with Gasteiger partial charge in [0.1, 0.15) is 19.2 Å². The van der Waals surface area contributed by atoms with Crippen molar-refractivity contribution in [3.63, 3.8) is 0 Å². The highest BCUT2D eigenvalue weighted by Gasteiger charge is 2.26. The largest absolute Gasteiger partial charge is 0.414 e. The van der Waals surface area contributed by atoms with E-state index in [4.69, 9.17) is 4.42 Å². The van der Waals surface area contributed by atoms with Crippen LogP contribution in [0.25, 0.3) is 10.9 Å². The van der Waals surface area contributed by atoms with Crippen LogP contribution in [0.15, 0.2) is 58.8 Å². The van der Waals surface area contributed by atoms with E-state index in [9.17, 15) is 4.79 Å². The number of thioether (sulfide) groups is 1.